The summed E-state index contributed by atoms with van der Waals surface area (Å²) in [6, 6.07) is -2.03. The number of carbonyl (C=O) groups excluding carboxylic acids is 2. The molecule has 1 aliphatic heterocycles. The van der Waals surface area contributed by atoms with Crippen LogP contribution in [0.25, 0.3) is 0 Å². The van der Waals surface area contributed by atoms with Crippen LogP contribution in [0.2, 0.25) is 0 Å². The van der Waals surface area contributed by atoms with Crippen molar-refractivity contribution in [1.29, 1.82) is 0 Å². The van der Waals surface area contributed by atoms with Gasteiger partial charge in [0.2, 0.25) is 7.44 Å². The van der Waals surface area contributed by atoms with Crippen molar-refractivity contribution in [2.45, 2.75) is 65.1 Å². The Bertz CT molecular complexity index is 1090. The number of esters is 2. The Morgan fingerprint density at radius 1 is 1.23 bits per heavy atom. The maximum atomic E-state index is 14.9. The molecule has 1 aromatic heterocycles. The van der Waals surface area contributed by atoms with E-state index in [4.69, 9.17) is 24.7 Å². The fourth-order valence-electron chi connectivity index (χ4n) is 3.38. The second-order valence-corrected chi connectivity index (χ2v) is 10.8. The summed E-state index contributed by atoms with van der Waals surface area (Å²) >= 11 is 0. The number of nitrogens with two attached hydrogens (primary N) is 1. The maximum absolute atomic E-state index is 14.9. The van der Waals surface area contributed by atoms with Crippen LogP contribution in [0.15, 0.2) is 28.2 Å². The zero-order valence-electron chi connectivity index (χ0n) is 22.8. The number of aromatic nitrogens is 2. The summed E-state index contributed by atoms with van der Waals surface area (Å²) in [5.41, 5.74) is 6.01. The first-order chi connectivity index (χ1) is 18.5. The Morgan fingerprint density at radius 2 is 1.79 bits per heavy atom. The topological polar surface area (TPSA) is 181 Å². The molecule has 0 amide bonds. The van der Waals surface area contributed by atoms with Crippen LogP contribution < -0.4 is 15.9 Å². The standard InChI is InChI=1S/C23H37FN7O7P/c1-7-9-35-22(32)14(3)29-39(34,30-15(4)23(33)36-10-8-2)13-37-17-11-16(24)21(38-17)31-12-28-18(19(25)26-5)20(31)27-6/h11-12,14-15,17,21H,6-10,13H2,1-5H3,(H2,25,26)(H2,29,30,34)/t14-,15-,17-,21+/m0/s1. The highest BCUT2D eigenvalue weighted by atomic mass is 31.2. The van der Waals surface area contributed by atoms with Crippen molar-refractivity contribution in [2.24, 2.45) is 15.7 Å². The molecule has 0 aliphatic carbocycles. The molecule has 0 radical (unpaired) electrons. The third-order valence-corrected chi connectivity index (χ3v) is 7.40. The second kappa shape index (κ2) is 15.0. The van der Waals surface area contributed by atoms with Gasteiger partial charge in [-0.1, -0.05) is 13.8 Å². The first-order valence-corrected chi connectivity index (χ1v) is 14.3. The highest BCUT2D eigenvalue weighted by Gasteiger charge is 2.36. The van der Waals surface area contributed by atoms with Gasteiger partial charge in [-0.3, -0.25) is 23.7 Å². The van der Waals surface area contributed by atoms with Crippen LogP contribution in [0.5, 0.6) is 0 Å². The van der Waals surface area contributed by atoms with Crippen LogP contribution in [0.1, 0.15) is 52.5 Å². The van der Waals surface area contributed by atoms with Crippen molar-refractivity contribution in [3.8, 4) is 0 Å². The quantitative estimate of drug-likeness (QED) is 0.114. The fraction of sp³-hybridized carbons (Fsp3) is 0.609. The number of nitrogens with one attached hydrogen (secondary N) is 2. The number of rotatable bonds is 16. The molecular weight excluding hydrogens is 536 g/mol. The van der Waals surface area contributed by atoms with E-state index in [1.165, 1.54) is 31.8 Å². The van der Waals surface area contributed by atoms with Crippen molar-refractivity contribution < 1.29 is 37.5 Å². The Kier molecular flexibility index (Phi) is 12.4. The molecule has 1 aromatic rings. The molecule has 2 rings (SSSR count). The summed E-state index contributed by atoms with van der Waals surface area (Å²) in [6.07, 6.45) is 0.340. The van der Waals surface area contributed by atoms with Crippen LogP contribution in [0.3, 0.4) is 0 Å². The number of halogens is 1. The lowest BCUT2D eigenvalue weighted by Crippen LogP contribution is -2.43. The number of aliphatic imine (C=N–C) groups is 2. The van der Waals surface area contributed by atoms with Gasteiger partial charge in [-0.15, -0.1) is 0 Å². The second-order valence-electron chi connectivity index (χ2n) is 8.57. The highest BCUT2D eigenvalue weighted by Crippen LogP contribution is 2.40. The summed E-state index contributed by atoms with van der Waals surface area (Å²) in [5, 5.41) is 5.33. The van der Waals surface area contributed by atoms with Gasteiger partial charge in [0.25, 0.3) is 0 Å². The van der Waals surface area contributed by atoms with Crippen LogP contribution in [0, 0.1) is 0 Å². The lowest BCUT2D eigenvalue weighted by atomic mass is 10.4. The minimum Gasteiger partial charge on any atom is -0.465 e. The van der Waals surface area contributed by atoms with Gasteiger partial charge in [-0.2, -0.15) is 0 Å². The highest BCUT2D eigenvalue weighted by molar-refractivity contribution is 7.59. The number of amidine groups is 1. The van der Waals surface area contributed by atoms with Gasteiger partial charge in [0.05, 0.1) is 19.5 Å². The third kappa shape index (κ3) is 8.77. The number of hydrogen-bond donors (Lipinski definition) is 3. The van der Waals surface area contributed by atoms with E-state index >= 15 is 0 Å². The number of hydrogen-bond acceptors (Lipinski definition) is 10. The summed E-state index contributed by atoms with van der Waals surface area (Å²) in [7, 11) is -2.37. The van der Waals surface area contributed by atoms with E-state index in [0.717, 1.165) is 6.08 Å². The SMILES string of the molecule is C=Nc1c(/C(N)=N\C)ncn1[C@@H]1O[C@H](OCP(=O)(N[C@@H](C)C(=O)OCCC)N[C@@H](C)C(=O)OCCC)C=C1F. The molecule has 16 heteroatoms. The molecular formula is C23H37FN7O7P. The summed E-state index contributed by atoms with van der Waals surface area (Å²) in [5.74, 6) is -1.82. The van der Waals surface area contributed by atoms with Gasteiger partial charge < -0.3 is 24.7 Å². The molecule has 0 aromatic carbocycles. The first-order valence-electron chi connectivity index (χ1n) is 12.4. The molecule has 0 saturated heterocycles. The lowest BCUT2D eigenvalue weighted by Gasteiger charge is -2.27. The Labute approximate surface area is 226 Å². The van der Waals surface area contributed by atoms with Crippen LogP contribution >= 0.6 is 7.44 Å². The van der Waals surface area contributed by atoms with E-state index in [0.29, 0.717) is 12.8 Å². The molecule has 4 atom stereocenters. The number of carbonyl (C=O) groups is 2. The monoisotopic (exact) mass is 573 g/mol. The predicted molar refractivity (Wildman–Crippen MR) is 142 cm³/mol. The fourth-order valence-corrected chi connectivity index (χ4v) is 5.42. The molecule has 0 fully saturated rings. The molecule has 0 bridgehead atoms. The average Bonchev–Trinajstić information content (AvgIpc) is 3.50. The van der Waals surface area contributed by atoms with Gasteiger partial charge in [0.15, 0.2) is 24.2 Å². The average molecular weight is 574 g/mol. The number of ether oxygens (including phenoxy) is 4. The van der Waals surface area contributed by atoms with E-state index in [1.807, 2.05) is 13.8 Å². The number of nitrogens with zero attached hydrogens (tertiary/aromatic N) is 4. The van der Waals surface area contributed by atoms with Crippen LogP contribution in [-0.4, -0.2) is 79.0 Å². The first kappa shape index (κ1) is 32.2. The smallest absolute Gasteiger partial charge is 0.323 e. The third-order valence-electron chi connectivity index (χ3n) is 5.28. The molecule has 39 heavy (non-hydrogen) atoms. The molecule has 218 valence electrons. The molecule has 14 nitrogen and oxygen atoms in total. The summed E-state index contributed by atoms with van der Waals surface area (Å²) in [6.45, 7) is 10.4. The zero-order valence-corrected chi connectivity index (χ0v) is 23.7. The van der Waals surface area contributed by atoms with Gasteiger partial charge in [0, 0.05) is 13.1 Å². The molecule has 2 heterocycles. The zero-order chi connectivity index (χ0) is 29.2. The van der Waals surface area contributed by atoms with Crippen molar-refractivity contribution in [1.82, 2.24) is 19.7 Å². The van der Waals surface area contributed by atoms with E-state index in [9.17, 15) is 18.5 Å². The lowest BCUT2D eigenvalue weighted by molar-refractivity contribution is -0.145. The minimum absolute atomic E-state index is 0.0718. The van der Waals surface area contributed by atoms with Gasteiger partial charge in [-0.25, -0.2) is 24.5 Å². The van der Waals surface area contributed by atoms with Crippen molar-refractivity contribution >= 4 is 37.8 Å². The maximum Gasteiger partial charge on any atom is 0.323 e. The van der Waals surface area contributed by atoms with E-state index < -0.39 is 56.2 Å². The Hall–Kier alpha value is -2.97. The molecule has 0 unspecified atom stereocenters. The minimum atomic E-state index is -3.83. The van der Waals surface area contributed by atoms with Crippen LogP contribution in [0.4, 0.5) is 10.2 Å². The van der Waals surface area contributed by atoms with Gasteiger partial charge in [-0.05, 0) is 33.4 Å². The van der Waals surface area contributed by atoms with Crippen molar-refractivity contribution in [2.75, 3.05) is 26.6 Å². The largest absolute Gasteiger partial charge is 0.465 e. The van der Waals surface area contributed by atoms with Gasteiger partial charge in [0.1, 0.15) is 30.0 Å². The predicted octanol–water partition coefficient (Wildman–Crippen LogP) is 2.29. The molecule has 1 aliphatic rings. The van der Waals surface area contributed by atoms with E-state index in [1.54, 1.807) is 0 Å². The number of imidazole rings is 1. The summed E-state index contributed by atoms with van der Waals surface area (Å²) in [4.78, 5) is 36.4. The van der Waals surface area contributed by atoms with E-state index in [2.05, 4.69) is 31.9 Å². The Morgan fingerprint density at radius 3 is 2.28 bits per heavy atom. The molecule has 0 saturated carbocycles. The van der Waals surface area contributed by atoms with Crippen molar-refractivity contribution in [3.63, 3.8) is 0 Å². The molecule has 4 N–H and O–H groups in total. The molecule has 0 spiro atoms. The summed E-state index contributed by atoms with van der Waals surface area (Å²) < 4.78 is 51.4. The Balaban J connectivity index is 2.17. The van der Waals surface area contributed by atoms with Crippen molar-refractivity contribution in [3.05, 3.63) is 23.9 Å². The van der Waals surface area contributed by atoms with Gasteiger partial charge >= 0.3 is 11.9 Å². The van der Waals surface area contributed by atoms with Crippen LogP contribution in [-0.2, 0) is 33.1 Å². The van der Waals surface area contributed by atoms with E-state index in [-0.39, 0.29) is 30.6 Å². The normalized spacial score (nSPS) is 19.3.